The maximum Gasteiger partial charge on any atom is 0.227 e. The minimum absolute atomic E-state index is 0.378. The monoisotopic (exact) mass is 250 g/mol. The summed E-state index contributed by atoms with van der Waals surface area (Å²) in [5.41, 5.74) is 1.81. The fourth-order valence-electron chi connectivity index (χ4n) is 1.85. The van der Waals surface area contributed by atoms with Gasteiger partial charge in [0.05, 0.1) is 11.6 Å². The maximum atomic E-state index is 8.52. The highest BCUT2D eigenvalue weighted by Crippen LogP contribution is 2.21. The molecular formula is C14H10N4O. The van der Waals surface area contributed by atoms with Crippen molar-refractivity contribution in [2.45, 2.75) is 12.8 Å². The van der Waals surface area contributed by atoms with Gasteiger partial charge in [-0.05, 0) is 24.3 Å². The fraction of sp³-hybridized carbons (Fsp3) is 0.143. The summed E-state index contributed by atoms with van der Waals surface area (Å²) >= 11 is 0. The molecule has 19 heavy (non-hydrogen) atoms. The minimum Gasteiger partial charge on any atom is -0.339 e. The van der Waals surface area contributed by atoms with Crippen LogP contribution in [0.2, 0.25) is 0 Å². The Bertz CT molecular complexity index is 757. The van der Waals surface area contributed by atoms with Crippen LogP contribution < -0.4 is 0 Å². The molecule has 1 aromatic carbocycles. The highest BCUT2D eigenvalue weighted by atomic mass is 16.5. The SMILES string of the molecule is N#CCCc1nc(-c2ccc3ncccc3c2)no1. The number of aryl methyl sites for hydroxylation is 1. The van der Waals surface area contributed by atoms with Gasteiger partial charge in [-0.25, -0.2) is 0 Å². The van der Waals surface area contributed by atoms with E-state index in [9.17, 15) is 0 Å². The van der Waals surface area contributed by atoms with Crippen LogP contribution in [-0.2, 0) is 6.42 Å². The van der Waals surface area contributed by atoms with Crippen LogP contribution in [0.5, 0.6) is 0 Å². The molecule has 2 heterocycles. The van der Waals surface area contributed by atoms with Crippen LogP contribution in [0.1, 0.15) is 12.3 Å². The van der Waals surface area contributed by atoms with Crippen LogP contribution in [0.4, 0.5) is 0 Å². The van der Waals surface area contributed by atoms with E-state index in [1.807, 2.05) is 30.3 Å². The average molecular weight is 250 g/mol. The number of nitrogens with zero attached hydrogens (tertiary/aromatic N) is 4. The Labute approximate surface area is 109 Å². The molecule has 0 N–H and O–H groups in total. The van der Waals surface area contributed by atoms with E-state index in [-0.39, 0.29) is 0 Å². The summed E-state index contributed by atoms with van der Waals surface area (Å²) in [4.78, 5) is 8.54. The molecule has 0 bridgehead atoms. The number of hydrogen-bond donors (Lipinski definition) is 0. The van der Waals surface area contributed by atoms with Crippen LogP contribution in [0.3, 0.4) is 0 Å². The molecule has 0 saturated heterocycles. The zero-order chi connectivity index (χ0) is 13.1. The number of aromatic nitrogens is 3. The Kier molecular flexibility index (Phi) is 2.91. The smallest absolute Gasteiger partial charge is 0.227 e. The quantitative estimate of drug-likeness (QED) is 0.714. The number of fused-ring (bicyclic) bond motifs is 1. The van der Waals surface area contributed by atoms with Crippen molar-refractivity contribution in [2.24, 2.45) is 0 Å². The van der Waals surface area contributed by atoms with E-state index in [1.165, 1.54) is 0 Å². The molecule has 0 aliphatic rings. The molecule has 5 heteroatoms. The van der Waals surface area contributed by atoms with Gasteiger partial charge >= 0.3 is 0 Å². The number of nitriles is 1. The van der Waals surface area contributed by atoms with E-state index < -0.39 is 0 Å². The highest BCUT2D eigenvalue weighted by Gasteiger charge is 2.08. The first-order valence-corrected chi connectivity index (χ1v) is 5.91. The molecule has 3 rings (SSSR count). The number of rotatable bonds is 3. The fourth-order valence-corrected chi connectivity index (χ4v) is 1.85. The summed E-state index contributed by atoms with van der Waals surface area (Å²) < 4.78 is 5.11. The second-order valence-electron chi connectivity index (χ2n) is 4.08. The maximum absolute atomic E-state index is 8.52. The van der Waals surface area contributed by atoms with Crippen LogP contribution in [0.25, 0.3) is 22.3 Å². The molecule has 0 aliphatic heterocycles. The van der Waals surface area contributed by atoms with Crippen LogP contribution in [0, 0.1) is 11.3 Å². The molecule has 0 aliphatic carbocycles. The predicted molar refractivity (Wildman–Crippen MR) is 69.0 cm³/mol. The first-order chi connectivity index (χ1) is 9.36. The first kappa shape index (κ1) is 11.4. The summed E-state index contributed by atoms with van der Waals surface area (Å²) in [6.07, 6.45) is 2.62. The molecule has 0 spiro atoms. The van der Waals surface area contributed by atoms with Gasteiger partial charge in [0.2, 0.25) is 11.7 Å². The van der Waals surface area contributed by atoms with Gasteiger partial charge in [0, 0.05) is 30.0 Å². The lowest BCUT2D eigenvalue weighted by molar-refractivity contribution is 0.380. The van der Waals surface area contributed by atoms with Crippen molar-refractivity contribution in [3.8, 4) is 17.5 Å². The average Bonchev–Trinajstić information content (AvgIpc) is 2.93. The third-order valence-corrected chi connectivity index (χ3v) is 2.78. The van der Waals surface area contributed by atoms with Crippen molar-refractivity contribution in [3.63, 3.8) is 0 Å². The lowest BCUT2D eigenvalue weighted by Crippen LogP contribution is -1.85. The van der Waals surface area contributed by atoms with Crippen molar-refractivity contribution in [2.75, 3.05) is 0 Å². The second-order valence-corrected chi connectivity index (χ2v) is 4.08. The molecule has 2 aromatic heterocycles. The van der Waals surface area contributed by atoms with Crippen molar-refractivity contribution in [1.29, 1.82) is 5.26 Å². The molecule has 3 aromatic rings. The molecular weight excluding hydrogens is 240 g/mol. The van der Waals surface area contributed by atoms with Crippen LogP contribution in [-0.4, -0.2) is 15.1 Å². The zero-order valence-corrected chi connectivity index (χ0v) is 10.1. The topological polar surface area (TPSA) is 75.6 Å². The lowest BCUT2D eigenvalue weighted by atomic mass is 10.1. The normalized spacial score (nSPS) is 10.5. The van der Waals surface area contributed by atoms with Gasteiger partial charge in [-0.3, -0.25) is 4.98 Å². The third kappa shape index (κ3) is 2.29. The third-order valence-electron chi connectivity index (χ3n) is 2.78. The number of pyridine rings is 1. The Hall–Kier alpha value is -2.74. The summed E-state index contributed by atoms with van der Waals surface area (Å²) in [6, 6.07) is 11.7. The predicted octanol–water partition coefficient (Wildman–Crippen LogP) is 2.74. The standard InChI is InChI=1S/C14H10N4O/c15-7-1-4-13-17-14(18-19-13)11-5-6-12-10(9-11)3-2-8-16-12/h2-3,5-6,8-9H,1,4H2. The van der Waals surface area contributed by atoms with Crippen LogP contribution in [0.15, 0.2) is 41.1 Å². The van der Waals surface area contributed by atoms with Crippen LogP contribution >= 0.6 is 0 Å². The molecule has 0 atom stereocenters. The van der Waals surface area contributed by atoms with Crippen molar-refractivity contribution in [1.82, 2.24) is 15.1 Å². The number of benzene rings is 1. The van der Waals surface area contributed by atoms with Crippen molar-refractivity contribution < 1.29 is 4.52 Å². The Morgan fingerprint density at radius 3 is 3.11 bits per heavy atom. The van der Waals surface area contributed by atoms with E-state index >= 15 is 0 Å². The molecule has 5 nitrogen and oxygen atoms in total. The van der Waals surface area contributed by atoms with E-state index in [1.54, 1.807) is 6.20 Å². The van der Waals surface area contributed by atoms with Gasteiger partial charge in [0.25, 0.3) is 0 Å². The van der Waals surface area contributed by atoms with Gasteiger partial charge < -0.3 is 4.52 Å². The molecule has 0 fully saturated rings. The van der Waals surface area contributed by atoms with Crippen molar-refractivity contribution >= 4 is 10.9 Å². The van der Waals surface area contributed by atoms with E-state index in [2.05, 4.69) is 21.2 Å². The second kappa shape index (κ2) is 4.86. The molecule has 0 radical (unpaired) electrons. The minimum atomic E-state index is 0.378. The molecule has 0 amide bonds. The van der Waals surface area contributed by atoms with Crippen molar-refractivity contribution in [3.05, 3.63) is 42.4 Å². The van der Waals surface area contributed by atoms with Gasteiger partial charge in [-0.15, -0.1) is 0 Å². The summed E-state index contributed by atoms with van der Waals surface area (Å²) in [5, 5.41) is 13.5. The summed E-state index contributed by atoms with van der Waals surface area (Å²) in [6.45, 7) is 0. The van der Waals surface area contributed by atoms with E-state index in [4.69, 9.17) is 9.78 Å². The Morgan fingerprint density at radius 2 is 2.21 bits per heavy atom. The highest BCUT2D eigenvalue weighted by molar-refractivity contribution is 5.82. The van der Waals surface area contributed by atoms with Gasteiger partial charge in [-0.1, -0.05) is 11.2 Å². The summed E-state index contributed by atoms with van der Waals surface area (Å²) in [7, 11) is 0. The van der Waals surface area contributed by atoms with Gasteiger partial charge in [-0.2, -0.15) is 10.2 Å². The molecule has 0 unspecified atom stereocenters. The number of hydrogen-bond acceptors (Lipinski definition) is 5. The van der Waals surface area contributed by atoms with Gasteiger partial charge in [0.15, 0.2) is 0 Å². The van der Waals surface area contributed by atoms with Gasteiger partial charge in [0.1, 0.15) is 0 Å². The lowest BCUT2D eigenvalue weighted by Gasteiger charge is -1.98. The Balaban J connectivity index is 1.95. The Morgan fingerprint density at radius 1 is 1.26 bits per heavy atom. The zero-order valence-electron chi connectivity index (χ0n) is 10.1. The van der Waals surface area contributed by atoms with E-state index in [0.717, 1.165) is 16.5 Å². The molecule has 0 saturated carbocycles. The summed E-state index contributed by atoms with van der Waals surface area (Å²) in [5.74, 6) is 1.03. The van der Waals surface area contributed by atoms with E-state index in [0.29, 0.717) is 24.6 Å². The molecule has 92 valence electrons. The largest absolute Gasteiger partial charge is 0.339 e. The first-order valence-electron chi connectivity index (χ1n) is 5.91.